The molecule has 0 saturated carbocycles. The fourth-order valence-electron chi connectivity index (χ4n) is 2.93. The van der Waals surface area contributed by atoms with Crippen molar-refractivity contribution in [2.24, 2.45) is 0 Å². The second-order valence-electron chi connectivity index (χ2n) is 7.34. The SMILES string of the molecule is Cc1cc(O[C@H](C)C(=O)NCCCc2cccc(OC(C)C)c2)cc(C)c1Cl. The Morgan fingerprint density at radius 1 is 1.04 bits per heavy atom. The van der Waals surface area contributed by atoms with Gasteiger partial charge in [-0.25, -0.2) is 0 Å². The van der Waals surface area contributed by atoms with Gasteiger partial charge in [0, 0.05) is 11.6 Å². The molecule has 0 spiro atoms. The van der Waals surface area contributed by atoms with Crippen LogP contribution < -0.4 is 14.8 Å². The lowest BCUT2D eigenvalue weighted by Gasteiger charge is -2.16. The third-order valence-electron chi connectivity index (χ3n) is 4.30. The molecule has 0 aliphatic rings. The molecule has 0 aliphatic carbocycles. The smallest absolute Gasteiger partial charge is 0.260 e. The monoisotopic (exact) mass is 403 g/mol. The molecule has 0 radical (unpaired) electrons. The summed E-state index contributed by atoms with van der Waals surface area (Å²) < 4.78 is 11.5. The Balaban J connectivity index is 1.78. The van der Waals surface area contributed by atoms with Crippen LogP contribution in [0, 0.1) is 13.8 Å². The number of nitrogens with one attached hydrogen (secondary N) is 1. The van der Waals surface area contributed by atoms with Crippen LogP contribution in [0.5, 0.6) is 11.5 Å². The lowest BCUT2D eigenvalue weighted by molar-refractivity contribution is -0.127. The van der Waals surface area contributed by atoms with Gasteiger partial charge in [0.25, 0.3) is 5.91 Å². The topological polar surface area (TPSA) is 47.6 Å². The lowest BCUT2D eigenvalue weighted by atomic mass is 10.1. The van der Waals surface area contributed by atoms with Crippen molar-refractivity contribution in [3.8, 4) is 11.5 Å². The number of hydrogen-bond donors (Lipinski definition) is 1. The first-order valence-corrected chi connectivity index (χ1v) is 10.1. The Kier molecular flexibility index (Phi) is 8.18. The molecule has 1 atom stereocenters. The first-order chi connectivity index (χ1) is 13.3. The zero-order valence-electron chi connectivity index (χ0n) is 17.3. The van der Waals surface area contributed by atoms with Gasteiger partial charge in [-0.05, 0) is 88.4 Å². The van der Waals surface area contributed by atoms with Crippen LogP contribution in [-0.4, -0.2) is 24.7 Å². The van der Waals surface area contributed by atoms with E-state index in [0.29, 0.717) is 12.3 Å². The molecular weight excluding hydrogens is 374 g/mol. The molecule has 2 aromatic rings. The minimum Gasteiger partial charge on any atom is -0.491 e. The Labute approximate surface area is 173 Å². The molecular formula is C23H30ClNO3. The van der Waals surface area contributed by atoms with E-state index in [9.17, 15) is 4.79 Å². The summed E-state index contributed by atoms with van der Waals surface area (Å²) in [6, 6.07) is 11.8. The number of hydrogen-bond acceptors (Lipinski definition) is 3. The van der Waals surface area contributed by atoms with E-state index in [1.165, 1.54) is 5.56 Å². The molecule has 152 valence electrons. The number of halogens is 1. The van der Waals surface area contributed by atoms with Crippen molar-refractivity contribution in [2.45, 2.75) is 59.7 Å². The molecule has 28 heavy (non-hydrogen) atoms. The minimum atomic E-state index is -0.567. The number of amides is 1. The van der Waals surface area contributed by atoms with E-state index in [0.717, 1.165) is 34.7 Å². The molecule has 0 aliphatic heterocycles. The highest BCUT2D eigenvalue weighted by molar-refractivity contribution is 6.32. The van der Waals surface area contributed by atoms with Crippen LogP contribution in [0.25, 0.3) is 0 Å². The van der Waals surface area contributed by atoms with Gasteiger partial charge in [0.05, 0.1) is 6.10 Å². The van der Waals surface area contributed by atoms with E-state index in [1.54, 1.807) is 6.92 Å². The highest BCUT2D eigenvalue weighted by Crippen LogP contribution is 2.26. The maximum absolute atomic E-state index is 12.3. The zero-order valence-corrected chi connectivity index (χ0v) is 18.1. The number of aryl methyl sites for hydroxylation is 3. The van der Waals surface area contributed by atoms with Crippen LogP contribution >= 0.6 is 11.6 Å². The molecule has 0 saturated heterocycles. The van der Waals surface area contributed by atoms with Crippen LogP contribution in [-0.2, 0) is 11.2 Å². The van der Waals surface area contributed by atoms with Gasteiger partial charge in [-0.3, -0.25) is 4.79 Å². The minimum absolute atomic E-state index is 0.123. The number of carbonyl (C=O) groups is 1. The number of benzene rings is 2. The summed E-state index contributed by atoms with van der Waals surface area (Å²) in [6.45, 7) is 10.2. The second-order valence-corrected chi connectivity index (χ2v) is 7.72. The predicted octanol–water partition coefficient (Wildman–Crippen LogP) is 5.26. The summed E-state index contributed by atoms with van der Waals surface area (Å²) in [7, 11) is 0. The highest BCUT2D eigenvalue weighted by atomic mass is 35.5. The third-order valence-corrected chi connectivity index (χ3v) is 4.90. The van der Waals surface area contributed by atoms with Crippen LogP contribution in [0.2, 0.25) is 5.02 Å². The number of ether oxygens (including phenoxy) is 2. The maximum Gasteiger partial charge on any atom is 0.260 e. The molecule has 4 nitrogen and oxygen atoms in total. The van der Waals surface area contributed by atoms with Crippen LogP contribution in [0.4, 0.5) is 0 Å². The molecule has 5 heteroatoms. The Morgan fingerprint density at radius 3 is 2.36 bits per heavy atom. The van der Waals surface area contributed by atoms with Crippen molar-refractivity contribution in [2.75, 3.05) is 6.54 Å². The molecule has 0 unspecified atom stereocenters. The van der Waals surface area contributed by atoms with E-state index < -0.39 is 6.10 Å². The Bertz CT molecular complexity index is 781. The van der Waals surface area contributed by atoms with Crippen molar-refractivity contribution < 1.29 is 14.3 Å². The van der Waals surface area contributed by atoms with Gasteiger partial charge in [-0.15, -0.1) is 0 Å². The molecule has 0 bridgehead atoms. The van der Waals surface area contributed by atoms with Crippen molar-refractivity contribution >= 4 is 17.5 Å². The van der Waals surface area contributed by atoms with E-state index in [4.69, 9.17) is 21.1 Å². The summed E-state index contributed by atoms with van der Waals surface area (Å²) in [6.07, 6.45) is 1.32. The van der Waals surface area contributed by atoms with E-state index >= 15 is 0 Å². The van der Waals surface area contributed by atoms with Gasteiger partial charge in [0.1, 0.15) is 11.5 Å². The average Bonchev–Trinajstić information content (AvgIpc) is 2.62. The Hall–Kier alpha value is -2.20. The van der Waals surface area contributed by atoms with Crippen molar-refractivity contribution in [3.63, 3.8) is 0 Å². The fourth-order valence-corrected chi connectivity index (χ4v) is 3.04. The lowest BCUT2D eigenvalue weighted by Crippen LogP contribution is -2.37. The number of rotatable bonds is 9. The van der Waals surface area contributed by atoms with Crippen molar-refractivity contribution in [1.82, 2.24) is 5.32 Å². The maximum atomic E-state index is 12.3. The van der Waals surface area contributed by atoms with Crippen molar-refractivity contribution in [1.29, 1.82) is 0 Å². The standard InChI is InChI=1S/C23H30ClNO3/c1-15(2)27-20-10-6-8-19(14-20)9-7-11-25-23(26)18(5)28-21-12-16(3)22(24)17(4)13-21/h6,8,10,12-15,18H,7,9,11H2,1-5H3,(H,25,26)/t18-/m1/s1. The normalized spacial score (nSPS) is 12.0. The van der Waals surface area contributed by atoms with E-state index in [-0.39, 0.29) is 12.0 Å². The van der Waals surface area contributed by atoms with Gasteiger partial charge in [0.15, 0.2) is 6.10 Å². The zero-order chi connectivity index (χ0) is 20.7. The van der Waals surface area contributed by atoms with E-state index in [2.05, 4.69) is 17.4 Å². The fraction of sp³-hybridized carbons (Fsp3) is 0.435. The molecule has 1 amide bonds. The van der Waals surface area contributed by atoms with Crippen molar-refractivity contribution in [3.05, 3.63) is 58.1 Å². The molecule has 2 aromatic carbocycles. The third kappa shape index (κ3) is 6.75. The summed E-state index contributed by atoms with van der Waals surface area (Å²) in [5, 5.41) is 3.67. The first-order valence-electron chi connectivity index (χ1n) is 9.73. The summed E-state index contributed by atoms with van der Waals surface area (Å²) in [5.41, 5.74) is 3.07. The van der Waals surface area contributed by atoms with E-state index in [1.807, 2.05) is 52.0 Å². The molecule has 2 rings (SSSR count). The molecule has 1 N–H and O–H groups in total. The summed E-state index contributed by atoms with van der Waals surface area (Å²) in [5.74, 6) is 1.42. The van der Waals surface area contributed by atoms with Gasteiger partial charge in [0.2, 0.25) is 0 Å². The molecule has 0 fully saturated rings. The van der Waals surface area contributed by atoms with Crippen LogP contribution in [0.15, 0.2) is 36.4 Å². The van der Waals surface area contributed by atoms with Gasteiger partial charge in [-0.1, -0.05) is 23.7 Å². The summed E-state index contributed by atoms with van der Waals surface area (Å²) in [4.78, 5) is 12.3. The van der Waals surface area contributed by atoms with Gasteiger partial charge >= 0.3 is 0 Å². The van der Waals surface area contributed by atoms with Gasteiger partial charge < -0.3 is 14.8 Å². The highest BCUT2D eigenvalue weighted by Gasteiger charge is 2.15. The molecule has 0 heterocycles. The second kappa shape index (κ2) is 10.4. The number of carbonyl (C=O) groups excluding carboxylic acids is 1. The largest absolute Gasteiger partial charge is 0.491 e. The van der Waals surface area contributed by atoms with Gasteiger partial charge in [-0.2, -0.15) is 0 Å². The molecule has 0 aromatic heterocycles. The average molecular weight is 404 g/mol. The predicted molar refractivity (Wildman–Crippen MR) is 115 cm³/mol. The Morgan fingerprint density at radius 2 is 1.71 bits per heavy atom. The van der Waals surface area contributed by atoms with Crippen LogP contribution in [0.3, 0.4) is 0 Å². The first kappa shape index (κ1) is 22.1. The quantitative estimate of drug-likeness (QED) is 0.581. The summed E-state index contributed by atoms with van der Waals surface area (Å²) >= 11 is 6.18. The van der Waals surface area contributed by atoms with Crippen LogP contribution in [0.1, 0.15) is 43.9 Å².